The molecular weight excluding hydrogens is 468 g/mol. The van der Waals surface area contributed by atoms with E-state index < -0.39 is 12.1 Å². The van der Waals surface area contributed by atoms with Crippen LogP contribution in [0, 0.1) is 0 Å². The second-order valence-corrected chi connectivity index (χ2v) is 9.25. The summed E-state index contributed by atoms with van der Waals surface area (Å²) >= 11 is 0. The van der Waals surface area contributed by atoms with Gasteiger partial charge in [0.2, 0.25) is 0 Å². The number of hydrogen-bond acceptors (Lipinski definition) is 6. The summed E-state index contributed by atoms with van der Waals surface area (Å²) in [6.07, 6.45) is 1.20. The predicted molar refractivity (Wildman–Crippen MR) is 146 cm³/mol. The van der Waals surface area contributed by atoms with Gasteiger partial charge in [0.1, 0.15) is 30.3 Å². The van der Waals surface area contributed by atoms with Gasteiger partial charge in [-0.15, -0.1) is 0 Å². The van der Waals surface area contributed by atoms with Crippen LogP contribution in [0.25, 0.3) is 11.1 Å². The fraction of sp³-hybridized carbons (Fsp3) is 0.367. The molecule has 0 fully saturated rings. The molecule has 0 radical (unpaired) electrons. The summed E-state index contributed by atoms with van der Waals surface area (Å²) in [7, 11) is 0. The molecule has 2 atom stereocenters. The average molecular weight is 505 g/mol. The zero-order valence-electron chi connectivity index (χ0n) is 21.5. The molecular formula is C30H36N2O5. The van der Waals surface area contributed by atoms with Gasteiger partial charge in [-0.3, -0.25) is 0 Å². The van der Waals surface area contributed by atoms with Crippen LogP contribution < -0.4 is 19.7 Å². The first-order valence-corrected chi connectivity index (χ1v) is 13.0. The number of anilines is 1. The number of aromatic carboxylic acids is 1. The molecule has 0 saturated heterocycles. The number of carboxylic acids is 1. The lowest BCUT2D eigenvalue weighted by molar-refractivity contribution is 0.0697. The molecule has 1 heterocycles. The number of carbonyl (C=O) groups is 1. The van der Waals surface area contributed by atoms with Crippen molar-refractivity contribution < 1.29 is 24.5 Å². The van der Waals surface area contributed by atoms with Gasteiger partial charge >= 0.3 is 5.97 Å². The number of aryl methyl sites for hydroxylation is 1. The lowest BCUT2D eigenvalue weighted by Gasteiger charge is -2.27. The molecule has 0 saturated carbocycles. The van der Waals surface area contributed by atoms with Gasteiger partial charge in [0.25, 0.3) is 0 Å². The Morgan fingerprint density at radius 3 is 2.54 bits per heavy atom. The van der Waals surface area contributed by atoms with Gasteiger partial charge in [-0.25, -0.2) is 4.79 Å². The van der Waals surface area contributed by atoms with Crippen LogP contribution in [0.3, 0.4) is 0 Å². The van der Waals surface area contributed by atoms with Crippen molar-refractivity contribution in [1.29, 1.82) is 0 Å². The van der Waals surface area contributed by atoms with Crippen molar-refractivity contribution in [2.24, 2.45) is 0 Å². The Balaban J connectivity index is 1.34. The predicted octanol–water partition coefficient (Wildman–Crippen LogP) is 4.62. The third-order valence-electron chi connectivity index (χ3n) is 6.69. The normalized spacial score (nSPS) is 15.4. The number of hydrogen-bond donors (Lipinski definition) is 3. The lowest BCUT2D eigenvalue weighted by atomic mass is 9.95. The average Bonchev–Trinajstić information content (AvgIpc) is 2.92. The molecule has 37 heavy (non-hydrogen) atoms. The topological polar surface area (TPSA) is 91.3 Å². The molecule has 7 heteroatoms. The van der Waals surface area contributed by atoms with Crippen LogP contribution in [0.5, 0.6) is 11.5 Å². The Morgan fingerprint density at radius 1 is 1.08 bits per heavy atom. The van der Waals surface area contributed by atoms with E-state index in [9.17, 15) is 15.0 Å². The van der Waals surface area contributed by atoms with Gasteiger partial charge in [0, 0.05) is 26.2 Å². The van der Waals surface area contributed by atoms with E-state index in [0.717, 1.165) is 59.8 Å². The highest BCUT2D eigenvalue weighted by molar-refractivity contribution is 5.95. The highest BCUT2D eigenvalue weighted by atomic mass is 16.5. The summed E-state index contributed by atoms with van der Waals surface area (Å²) in [5.74, 6) is 0.708. The second-order valence-electron chi connectivity index (χ2n) is 9.25. The molecule has 1 aliphatic rings. The zero-order chi connectivity index (χ0) is 26.2. The first kappa shape index (κ1) is 26.5. The Labute approximate surface area is 218 Å². The Morgan fingerprint density at radius 2 is 1.81 bits per heavy atom. The number of ether oxygens (including phenoxy) is 2. The summed E-state index contributed by atoms with van der Waals surface area (Å²) in [4.78, 5) is 13.8. The van der Waals surface area contributed by atoms with Crippen LogP contribution in [0.2, 0.25) is 0 Å². The minimum atomic E-state index is -0.914. The van der Waals surface area contributed by atoms with Crippen LogP contribution in [0.15, 0.2) is 66.7 Å². The van der Waals surface area contributed by atoms with Crippen molar-refractivity contribution in [3.05, 3.63) is 77.9 Å². The van der Waals surface area contributed by atoms with E-state index in [1.54, 1.807) is 6.07 Å². The van der Waals surface area contributed by atoms with Gasteiger partial charge in [0.05, 0.1) is 11.3 Å². The number of nitrogens with zero attached hydrogens (tertiary/aromatic N) is 1. The molecule has 3 aromatic rings. The number of benzene rings is 3. The van der Waals surface area contributed by atoms with Crippen LogP contribution in [-0.2, 0) is 6.42 Å². The number of para-hydroxylation sites is 1. The molecule has 3 N–H and O–H groups in total. The number of aliphatic hydroxyl groups excluding tert-OH is 1. The standard InChI is InChI=1S/C30H36N2O5/c1-3-32(4-2)28-17-22(11-14-27(28)30(34)35)21-12-15-29-23(16-21)10-13-26(37-29)19-31-18-24(33)20-36-25-8-6-5-7-9-25/h5-9,11-12,14-17,24,26,31,33H,3-4,10,13,18-20H2,1-2H3,(H,34,35)/t24-,26+/m0/s1. The summed E-state index contributed by atoms with van der Waals surface area (Å²) < 4.78 is 11.8. The van der Waals surface area contributed by atoms with Crippen LogP contribution in [0.1, 0.15) is 36.2 Å². The summed E-state index contributed by atoms with van der Waals surface area (Å²) in [6.45, 7) is 6.85. The van der Waals surface area contributed by atoms with E-state index in [4.69, 9.17) is 9.47 Å². The molecule has 0 bridgehead atoms. The van der Waals surface area contributed by atoms with E-state index in [1.165, 1.54) is 0 Å². The quantitative estimate of drug-likeness (QED) is 0.332. The molecule has 196 valence electrons. The van der Waals surface area contributed by atoms with Crippen molar-refractivity contribution in [3.63, 3.8) is 0 Å². The minimum absolute atomic E-state index is 0.0321. The van der Waals surface area contributed by atoms with Gasteiger partial charge < -0.3 is 29.9 Å². The maximum atomic E-state index is 11.8. The Bertz CT molecular complexity index is 1180. The first-order valence-electron chi connectivity index (χ1n) is 13.0. The van der Waals surface area contributed by atoms with Crippen molar-refractivity contribution in [1.82, 2.24) is 5.32 Å². The number of nitrogens with one attached hydrogen (secondary N) is 1. The number of carboxylic acid groups (broad SMARTS) is 1. The van der Waals surface area contributed by atoms with E-state index >= 15 is 0 Å². The van der Waals surface area contributed by atoms with Crippen molar-refractivity contribution in [3.8, 4) is 22.6 Å². The van der Waals surface area contributed by atoms with Crippen molar-refractivity contribution >= 4 is 11.7 Å². The maximum absolute atomic E-state index is 11.8. The fourth-order valence-corrected chi connectivity index (χ4v) is 4.67. The van der Waals surface area contributed by atoms with Gasteiger partial charge in [-0.05, 0) is 79.8 Å². The largest absolute Gasteiger partial charge is 0.491 e. The monoisotopic (exact) mass is 504 g/mol. The van der Waals surface area contributed by atoms with Crippen LogP contribution in [0.4, 0.5) is 5.69 Å². The van der Waals surface area contributed by atoms with E-state index in [1.807, 2.05) is 68.4 Å². The van der Waals surface area contributed by atoms with Gasteiger partial charge in [0.15, 0.2) is 0 Å². The minimum Gasteiger partial charge on any atom is -0.491 e. The smallest absolute Gasteiger partial charge is 0.337 e. The highest BCUT2D eigenvalue weighted by Crippen LogP contribution is 2.34. The fourth-order valence-electron chi connectivity index (χ4n) is 4.67. The Kier molecular flexibility index (Phi) is 9.04. The summed E-state index contributed by atoms with van der Waals surface area (Å²) in [6, 6.07) is 21.2. The Hall–Kier alpha value is -3.55. The molecule has 0 spiro atoms. The third kappa shape index (κ3) is 6.81. The van der Waals surface area contributed by atoms with E-state index in [2.05, 4.69) is 16.3 Å². The molecule has 0 aromatic heterocycles. The van der Waals surface area contributed by atoms with Crippen LogP contribution >= 0.6 is 0 Å². The molecule has 0 aliphatic carbocycles. The highest BCUT2D eigenvalue weighted by Gasteiger charge is 2.21. The number of aliphatic hydroxyl groups is 1. The molecule has 3 aromatic carbocycles. The lowest BCUT2D eigenvalue weighted by Crippen LogP contribution is -2.39. The van der Waals surface area contributed by atoms with Gasteiger partial charge in [-0.2, -0.15) is 0 Å². The molecule has 7 nitrogen and oxygen atoms in total. The van der Waals surface area contributed by atoms with E-state index in [0.29, 0.717) is 18.7 Å². The SMILES string of the molecule is CCN(CC)c1cc(-c2ccc3c(c2)CC[C@H](CNC[C@H](O)COc2ccccc2)O3)ccc1C(=O)O. The molecule has 0 unspecified atom stereocenters. The second kappa shape index (κ2) is 12.6. The van der Waals surface area contributed by atoms with E-state index in [-0.39, 0.29) is 12.7 Å². The summed E-state index contributed by atoms with van der Waals surface area (Å²) in [5.41, 5.74) is 4.25. The van der Waals surface area contributed by atoms with Crippen molar-refractivity contribution in [2.45, 2.75) is 38.9 Å². The maximum Gasteiger partial charge on any atom is 0.337 e. The number of rotatable bonds is 12. The zero-order valence-corrected chi connectivity index (χ0v) is 21.5. The molecule has 4 rings (SSSR count). The number of fused-ring (bicyclic) bond motifs is 1. The molecule has 1 aliphatic heterocycles. The van der Waals surface area contributed by atoms with Gasteiger partial charge in [-0.1, -0.05) is 30.3 Å². The third-order valence-corrected chi connectivity index (χ3v) is 6.69. The van der Waals surface area contributed by atoms with Crippen molar-refractivity contribution in [2.75, 3.05) is 37.7 Å². The molecule has 0 amide bonds. The van der Waals surface area contributed by atoms with Crippen LogP contribution in [-0.4, -0.2) is 61.2 Å². The first-order chi connectivity index (χ1) is 18.0. The summed E-state index contributed by atoms with van der Waals surface area (Å²) in [5, 5.41) is 23.1.